The Morgan fingerprint density at radius 1 is 1.39 bits per heavy atom. The van der Waals surface area contributed by atoms with E-state index in [1.54, 1.807) is 12.1 Å². The van der Waals surface area contributed by atoms with Crippen LogP contribution < -0.4 is 5.32 Å². The zero-order valence-electron chi connectivity index (χ0n) is 11.0. The van der Waals surface area contributed by atoms with E-state index in [4.69, 9.17) is 0 Å². The molecule has 2 nitrogen and oxygen atoms in total. The highest BCUT2D eigenvalue weighted by atomic mass is 32.2. The molecule has 1 aromatic rings. The number of anilines is 1. The summed E-state index contributed by atoms with van der Waals surface area (Å²) in [5.74, 6) is 1.03. The van der Waals surface area contributed by atoms with Gasteiger partial charge in [0.15, 0.2) is 0 Å². The predicted octanol–water partition coefficient (Wildman–Crippen LogP) is 3.06. The van der Waals surface area contributed by atoms with E-state index in [1.165, 1.54) is 11.8 Å². The van der Waals surface area contributed by atoms with Gasteiger partial charge in [0.05, 0.1) is 5.69 Å². The molecule has 100 valence electrons. The first-order chi connectivity index (χ1) is 8.68. The average Bonchev–Trinajstić information content (AvgIpc) is 2.37. The third kappa shape index (κ3) is 3.39. The average molecular weight is 268 g/mol. The van der Waals surface area contributed by atoms with Crippen molar-refractivity contribution in [3.63, 3.8) is 0 Å². The fourth-order valence-corrected chi connectivity index (χ4v) is 3.41. The highest BCUT2D eigenvalue weighted by Crippen LogP contribution is 2.23. The summed E-state index contributed by atoms with van der Waals surface area (Å²) in [6.45, 7) is 7.46. The van der Waals surface area contributed by atoms with E-state index in [0.29, 0.717) is 17.0 Å². The molecule has 0 amide bonds. The number of nitrogens with one attached hydrogen (secondary N) is 1. The van der Waals surface area contributed by atoms with E-state index in [1.807, 2.05) is 17.8 Å². The van der Waals surface area contributed by atoms with Crippen LogP contribution in [0.3, 0.4) is 0 Å². The van der Waals surface area contributed by atoms with Crippen LogP contribution in [0.5, 0.6) is 0 Å². The summed E-state index contributed by atoms with van der Waals surface area (Å²) in [7, 11) is 0. The van der Waals surface area contributed by atoms with Crippen molar-refractivity contribution < 1.29 is 4.39 Å². The normalized spacial score (nSPS) is 25.1. The molecular weight excluding hydrogens is 247 g/mol. The van der Waals surface area contributed by atoms with Crippen molar-refractivity contribution in [2.45, 2.75) is 25.1 Å². The second-order valence-electron chi connectivity index (χ2n) is 4.76. The highest BCUT2D eigenvalue weighted by Gasteiger charge is 2.24. The van der Waals surface area contributed by atoms with E-state index < -0.39 is 0 Å². The quantitative estimate of drug-likeness (QED) is 0.903. The van der Waals surface area contributed by atoms with Gasteiger partial charge in [-0.2, -0.15) is 11.8 Å². The monoisotopic (exact) mass is 268 g/mol. The SMILES string of the molecule is CC1SCCN(CCNc2ccccc2F)C1C. The van der Waals surface area contributed by atoms with Gasteiger partial charge in [-0.15, -0.1) is 0 Å². The first-order valence-corrected chi connectivity index (χ1v) is 7.57. The topological polar surface area (TPSA) is 15.3 Å². The Hall–Kier alpha value is -0.740. The van der Waals surface area contributed by atoms with Gasteiger partial charge >= 0.3 is 0 Å². The molecule has 2 atom stereocenters. The Bertz CT molecular complexity index is 386. The first kappa shape index (κ1) is 13.7. The van der Waals surface area contributed by atoms with E-state index in [2.05, 4.69) is 24.1 Å². The number of nitrogens with zero attached hydrogens (tertiary/aromatic N) is 1. The van der Waals surface area contributed by atoms with Gasteiger partial charge in [0.25, 0.3) is 0 Å². The summed E-state index contributed by atoms with van der Waals surface area (Å²) in [5, 5.41) is 3.86. The van der Waals surface area contributed by atoms with Crippen LogP contribution in [0, 0.1) is 5.82 Å². The summed E-state index contributed by atoms with van der Waals surface area (Å²) in [4.78, 5) is 2.48. The van der Waals surface area contributed by atoms with Crippen molar-refractivity contribution >= 4 is 17.4 Å². The van der Waals surface area contributed by atoms with Gasteiger partial charge in [0.2, 0.25) is 0 Å². The molecule has 0 bridgehead atoms. The Morgan fingerprint density at radius 2 is 2.17 bits per heavy atom. The van der Waals surface area contributed by atoms with Gasteiger partial charge in [-0.05, 0) is 19.1 Å². The predicted molar refractivity (Wildman–Crippen MR) is 77.8 cm³/mol. The number of para-hydroxylation sites is 1. The second kappa shape index (κ2) is 6.43. The van der Waals surface area contributed by atoms with Gasteiger partial charge in [-0.1, -0.05) is 19.1 Å². The van der Waals surface area contributed by atoms with Gasteiger partial charge in [-0.3, -0.25) is 4.90 Å². The fourth-order valence-electron chi connectivity index (χ4n) is 2.25. The lowest BCUT2D eigenvalue weighted by atomic mass is 10.2. The van der Waals surface area contributed by atoms with Crippen molar-refractivity contribution in [3.05, 3.63) is 30.1 Å². The van der Waals surface area contributed by atoms with Crippen molar-refractivity contribution in [1.29, 1.82) is 0 Å². The fraction of sp³-hybridized carbons (Fsp3) is 0.571. The van der Waals surface area contributed by atoms with Crippen LogP contribution in [0.25, 0.3) is 0 Å². The maximum Gasteiger partial charge on any atom is 0.146 e. The maximum atomic E-state index is 13.4. The number of hydrogen-bond donors (Lipinski definition) is 1. The molecule has 2 rings (SSSR count). The molecule has 1 fully saturated rings. The summed E-state index contributed by atoms with van der Waals surface area (Å²) in [5.41, 5.74) is 0.601. The third-order valence-electron chi connectivity index (χ3n) is 3.60. The molecule has 1 N–H and O–H groups in total. The second-order valence-corrected chi connectivity index (χ2v) is 6.24. The molecule has 1 aliphatic rings. The lowest BCUT2D eigenvalue weighted by Crippen LogP contribution is -2.46. The van der Waals surface area contributed by atoms with Crippen LogP contribution in [0.2, 0.25) is 0 Å². The molecule has 0 saturated carbocycles. The van der Waals surface area contributed by atoms with Crippen LogP contribution >= 0.6 is 11.8 Å². The van der Waals surface area contributed by atoms with Crippen molar-refractivity contribution in [1.82, 2.24) is 4.90 Å². The van der Waals surface area contributed by atoms with Crippen LogP contribution in [0.1, 0.15) is 13.8 Å². The largest absolute Gasteiger partial charge is 0.381 e. The molecule has 0 spiro atoms. The molecule has 0 aromatic heterocycles. The van der Waals surface area contributed by atoms with Gasteiger partial charge in [-0.25, -0.2) is 4.39 Å². The Labute approximate surface area is 113 Å². The number of thioether (sulfide) groups is 1. The van der Waals surface area contributed by atoms with Crippen LogP contribution in [-0.4, -0.2) is 41.6 Å². The Balaban J connectivity index is 1.80. The van der Waals surface area contributed by atoms with E-state index >= 15 is 0 Å². The van der Waals surface area contributed by atoms with Crippen molar-refractivity contribution in [3.8, 4) is 0 Å². The van der Waals surface area contributed by atoms with Gasteiger partial charge < -0.3 is 5.32 Å². The van der Waals surface area contributed by atoms with Crippen LogP contribution in [-0.2, 0) is 0 Å². The van der Waals surface area contributed by atoms with Gasteiger partial charge in [0, 0.05) is 36.7 Å². The lowest BCUT2D eigenvalue weighted by Gasteiger charge is -2.37. The van der Waals surface area contributed by atoms with E-state index in [9.17, 15) is 4.39 Å². The first-order valence-electron chi connectivity index (χ1n) is 6.52. The molecule has 4 heteroatoms. The number of benzene rings is 1. The molecule has 1 saturated heterocycles. The van der Waals surface area contributed by atoms with Crippen molar-refractivity contribution in [2.75, 3.05) is 30.7 Å². The smallest absolute Gasteiger partial charge is 0.146 e. The molecule has 0 radical (unpaired) electrons. The standard InChI is InChI=1S/C14H21FN2S/c1-11-12(2)18-10-9-17(11)8-7-16-14-6-4-3-5-13(14)15/h3-6,11-12,16H,7-10H2,1-2H3. The zero-order chi connectivity index (χ0) is 13.0. The number of halogens is 1. The lowest BCUT2D eigenvalue weighted by molar-refractivity contribution is 0.221. The number of rotatable bonds is 4. The van der Waals surface area contributed by atoms with E-state index in [0.717, 1.165) is 19.6 Å². The Morgan fingerprint density at radius 3 is 2.94 bits per heavy atom. The highest BCUT2D eigenvalue weighted by molar-refractivity contribution is 8.00. The minimum atomic E-state index is -0.173. The molecule has 2 unspecified atom stereocenters. The van der Waals surface area contributed by atoms with Gasteiger partial charge in [0.1, 0.15) is 5.82 Å². The molecule has 1 aromatic carbocycles. The van der Waals surface area contributed by atoms with Crippen LogP contribution in [0.4, 0.5) is 10.1 Å². The molecular formula is C14H21FN2S. The molecule has 18 heavy (non-hydrogen) atoms. The molecule has 1 aliphatic heterocycles. The summed E-state index contributed by atoms with van der Waals surface area (Å²) < 4.78 is 13.4. The minimum absolute atomic E-state index is 0.173. The van der Waals surface area contributed by atoms with Crippen LogP contribution in [0.15, 0.2) is 24.3 Å². The van der Waals surface area contributed by atoms with Crippen molar-refractivity contribution in [2.24, 2.45) is 0 Å². The van der Waals surface area contributed by atoms with E-state index in [-0.39, 0.29) is 5.82 Å². The maximum absolute atomic E-state index is 13.4. The summed E-state index contributed by atoms with van der Waals surface area (Å²) >= 11 is 2.04. The summed E-state index contributed by atoms with van der Waals surface area (Å²) in [6.07, 6.45) is 0. The molecule has 0 aliphatic carbocycles. The summed E-state index contributed by atoms with van der Waals surface area (Å²) in [6, 6.07) is 7.45. The minimum Gasteiger partial charge on any atom is -0.381 e. The Kier molecular flexibility index (Phi) is 4.89. The third-order valence-corrected chi connectivity index (χ3v) is 4.94. The molecule has 1 heterocycles. The number of hydrogen-bond acceptors (Lipinski definition) is 3. The zero-order valence-corrected chi connectivity index (χ0v) is 11.8.